The van der Waals surface area contributed by atoms with Gasteiger partial charge in [0.25, 0.3) is 5.91 Å². The van der Waals surface area contributed by atoms with Gasteiger partial charge in [-0.25, -0.2) is 4.79 Å². The summed E-state index contributed by atoms with van der Waals surface area (Å²) in [7, 11) is 0. The number of nitrogens with two attached hydrogens (primary N) is 1. The number of nitrogens with zero attached hydrogens (tertiary/aromatic N) is 2. The molecule has 5 N–H and O–H groups in total. The molecule has 2 aromatic rings. The lowest BCUT2D eigenvalue weighted by Crippen LogP contribution is -2.47. The van der Waals surface area contributed by atoms with Gasteiger partial charge in [0.2, 0.25) is 5.91 Å². The molecule has 10 nitrogen and oxygen atoms in total. The van der Waals surface area contributed by atoms with Gasteiger partial charge in [-0.3, -0.25) is 14.6 Å². The first kappa shape index (κ1) is 22.3. The molecular weight excluding hydrogens is 388 g/mol. The Morgan fingerprint density at radius 3 is 2.80 bits per heavy atom. The number of carbonyl (C=O) groups is 3. The van der Waals surface area contributed by atoms with E-state index in [0.717, 1.165) is 5.56 Å². The topological polar surface area (TPSA) is 148 Å². The molecule has 158 valence electrons. The third kappa shape index (κ3) is 7.23. The molecule has 0 aliphatic carbocycles. The maximum absolute atomic E-state index is 12.3. The maximum Gasteiger partial charge on any atom is 0.328 e. The lowest BCUT2D eigenvalue weighted by Gasteiger charge is -2.17. The number of benzene rings is 1. The summed E-state index contributed by atoms with van der Waals surface area (Å²) in [4.78, 5) is 40.8. The van der Waals surface area contributed by atoms with Crippen molar-refractivity contribution in [1.29, 1.82) is 0 Å². The van der Waals surface area contributed by atoms with Crippen molar-refractivity contribution in [2.75, 3.05) is 18.5 Å². The molecule has 0 saturated heterocycles. The highest BCUT2D eigenvalue weighted by Gasteiger charge is 2.23. The second-order valence-corrected chi connectivity index (χ2v) is 6.12. The van der Waals surface area contributed by atoms with Crippen molar-refractivity contribution in [3.05, 3.63) is 59.9 Å². The van der Waals surface area contributed by atoms with Crippen LogP contribution in [-0.2, 0) is 20.7 Å². The average Bonchev–Trinajstić information content (AvgIpc) is 2.76. The molecule has 1 atom stereocenters. The van der Waals surface area contributed by atoms with Crippen LogP contribution >= 0.6 is 0 Å². The Morgan fingerprint density at radius 2 is 2.10 bits per heavy atom. The summed E-state index contributed by atoms with van der Waals surface area (Å²) < 4.78 is 5.03. The number of carbonyl (C=O) groups excluding carboxylic acids is 3. The van der Waals surface area contributed by atoms with Gasteiger partial charge in [-0.1, -0.05) is 12.1 Å². The molecule has 1 aromatic heterocycles. The Bertz CT molecular complexity index is 888. The highest BCUT2D eigenvalue weighted by Crippen LogP contribution is 2.09. The first-order valence-electron chi connectivity index (χ1n) is 9.25. The summed E-state index contributed by atoms with van der Waals surface area (Å²) in [6.07, 6.45) is 4.73. The van der Waals surface area contributed by atoms with Crippen molar-refractivity contribution in [1.82, 2.24) is 15.6 Å². The predicted molar refractivity (Wildman–Crippen MR) is 112 cm³/mol. The van der Waals surface area contributed by atoms with Crippen LogP contribution in [0.25, 0.3) is 0 Å². The number of esters is 1. The maximum atomic E-state index is 12.3. The molecule has 10 heteroatoms. The van der Waals surface area contributed by atoms with Gasteiger partial charge in [0, 0.05) is 30.1 Å². The largest absolute Gasteiger partial charge is 0.464 e. The average molecular weight is 412 g/mol. The van der Waals surface area contributed by atoms with Gasteiger partial charge in [-0.05, 0) is 36.8 Å². The summed E-state index contributed by atoms with van der Waals surface area (Å²) in [6, 6.07) is 9.23. The normalized spacial score (nSPS) is 11.5. The number of aromatic nitrogens is 1. The molecule has 0 radical (unpaired) electrons. The van der Waals surface area contributed by atoms with Crippen LogP contribution in [0.2, 0.25) is 0 Å². The van der Waals surface area contributed by atoms with Crippen LogP contribution in [0.3, 0.4) is 0 Å². The van der Waals surface area contributed by atoms with Crippen LogP contribution in [0, 0.1) is 0 Å². The fourth-order valence-electron chi connectivity index (χ4n) is 2.56. The highest BCUT2D eigenvalue weighted by atomic mass is 16.5. The summed E-state index contributed by atoms with van der Waals surface area (Å²) in [5.74, 6) is 3.51. The third-order valence-electron chi connectivity index (χ3n) is 3.91. The Hall–Kier alpha value is -3.95. The second kappa shape index (κ2) is 11.8. The Morgan fingerprint density at radius 1 is 1.27 bits per heavy atom. The number of amides is 2. The number of rotatable bonds is 10. The van der Waals surface area contributed by atoms with Gasteiger partial charge in [-0.15, -0.1) is 0 Å². The van der Waals surface area contributed by atoms with Crippen LogP contribution in [-0.4, -0.2) is 48.3 Å². The van der Waals surface area contributed by atoms with Gasteiger partial charge in [-0.2, -0.15) is 5.10 Å². The molecule has 0 bridgehead atoms. The Labute approximate surface area is 173 Å². The minimum absolute atomic E-state index is 0.189. The van der Waals surface area contributed by atoms with E-state index in [9.17, 15) is 14.4 Å². The molecule has 0 spiro atoms. The van der Waals surface area contributed by atoms with E-state index in [0.29, 0.717) is 11.3 Å². The van der Waals surface area contributed by atoms with E-state index in [1.165, 1.54) is 6.34 Å². The number of hydrogen-bond donors (Lipinski definition) is 4. The molecule has 2 rings (SSSR count). The third-order valence-corrected chi connectivity index (χ3v) is 3.91. The van der Waals surface area contributed by atoms with E-state index in [4.69, 9.17) is 10.6 Å². The van der Waals surface area contributed by atoms with Gasteiger partial charge in [0.05, 0.1) is 13.2 Å². The number of nitrogens with one attached hydrogen (secondary N) is 3. The van der Waals surface area contributed by atoms with Crippen molar-refractivity contribution in [2.24, 2.45) is 10.9 Å². The summed E-state index contributed by atoms with van der Waals surface area (Å²) in [5, 5.41) is 11.2. The molecule has 1 aromatic carbocycles. The lowest BCUT2D eigenvalue weighted by molar-refractivity contribution is -0.147. The summed E-state index contributed by atoms with van der Waals surface area (Å²) >= 11 is 0. The van der Waals surface area contributed by atoms with Crippen LogP contribution < -0.4 is 21.8 Å². The quantitative estimate of drug-likeness (QED) is 0.145. The van der Waals surface area contributed by atoms with E-state index in [1.807, 2.05) is 0 Å². The van der Waals surface area contributed by atoms with E-state index in [-0.39, 0.29) is 19.6 Å². The van der Waals surface area contributed by atoms with Crippen LogP contribution in [0.5, 0.6) is 0 Å². The van der Waals surface area contributed by atoms with Gasteiger partial charge >= 0.3 is 5.97 Å². The molecule has 0 aliphatic heterocycles. The number of pyridine rings is 1. The van der Waals surface area contributed by atoms with Crippen molar-refractivity contribution < 1.29 is 19.1 Å². The fourth-order valence-corrected chi connectivity index (χ4v) is 2.56. The second-order valence-electron chi connectivity index (χ2n) is 6.12. The van der Waals surface area contributed by atoms with E-state index < -0.39 is 23.8 Å². The van der Waals surface area contributed by atoms with Crippen molar-refractivity contribution >= 4 is 29.8 Å². The summed E-state index contributed by atoms with van der Waals surface area (Å²) in [6.45, 7) is 1.57. The van der Waals surface area contributed by atoms with E-state index in [2.05, 4.69) is 26.0 Å². The minimum Gasteiger partial charge on any atom is -0.464 e. The molecule has 0 aliphatic rings. The predicted octanol–water partition coefficient (Wildman–Crippen LogP) is 0.416. The van der Waals surface area contributed by atoms with Crippen LogP contribution in [0.4, 0.5) is 5.69 Å². The van der Waals surface area contributed by atoms with Gasteiger partial charge < -0.3 is 26.5 Å². The van der Waals surface area contributed by atoms with Crippen molar-refractivity contribution in [3.63, 3.8) is 0 Å². The zero-order valence-corrected chi connectivity index (χ0v) is 16.5. The van der Waals surface area contributed by atoms with Crippen LogP contribution in [0.1, 0.15) is 22.8 Å². The van der Waals surface area contributed by atoms with Crippen molar-refractivity contribution in [2.45, 2.75) is 19.4 Å². The van der Waals surface area contributed by atoms with Gasteiger partial charge in [0.15, 0.2) is 0 Å². The minimum atomic E-state index is -0.887. The smallest absolute Gasteiger partial charge is 0.328 e. The summed E-state index contributed by atoms with van der Waals surface area (Å²) in [5.41, 5.74) is 1.72. The molecular formula is C20H24N6O4. The Balaban J connectivity index is 1.94. The monoisotopic (exact) mass is 412 g/mol. The molecule has 2 amide bonds. The highest BCUT2D eigenvalue weighted by molar-refractivity contribution is 5.98. The van der Waals surface area contributed by atoms with Gasteiger partial charge in [0.1, 0.15) is 12.4 Å². The van der Waals surface area contributed by atoms with Crippen LogP contribution in [0.15, 0.2) is 53.9 Å². The van der Waals surface area contributed by atoms with Crippen molar-refractivity contribution in [3.8, 4) is 0 Å². The number of ether oxygens (including phenoxy) is 1. The number of hydrogen-bond acceptors (Lipinski definition) is 7. The fraction of sp³-hybridized carbons (Fsp3) is 0.250. The first-order chi connectivity index (χ1) is 14.5. The van der Waals surface area contributed by atoms with E-state index in [1.54, 1.807) is 55.7 Å². The SMILES string of the molecule is CCOC(=O)C(Cc1cccnc1)NC(=O)CNC(=O)c1cccc(NC=NN)c1. The first-order valence-corrected chi connectivity index (χ1v) is 9.25. The Kier molecular flexibility index (Phi) is 8.78. The molecule has 1 unspecified atom stereocenters. The molecule has 30 heavy (non-hydrogen) atoms. The number of anilines is 1. The number of hydrazone groups is 1. The molecule has 1 heterocycles. The van der Waals surface area contributed by atoms with E-state index >= 15 is 0 Å². The standard InChI is InChI=1S/C20H24N6O4/c1-2-30-20(29)17(9-14-5-4-8-22-11-14)26-18(27)12-23-19(28)15-6-3-7-16(10-15)24-13-25-21/h3-8,10-11,13,17H,2,9,12,21H2,1H3,(H,23,28)(H,24,25)(H,26,27). The molecule has 0 fully saturated rings. The zero-order chi connectivity index (χ0) is 21.8. The molecule has 0 saturated carbocycles. The lowest BCUT2D eigenvalue weighted by atomic mass is 10.1. The zero-order valence-electron chi connectivity index (χ0n) is 16.5.